The summed E-state index contributed by atoms with van der Waals surface area (Å²) in [5.41, 5.74) is 4.62. The summed E-state index contributed by atoms with van der Waals surface area (Å²) in [5.74, 6) is -0.972. The van der Waals surface area contributed by atoms with Gasteiger partial charge in [-0.15, -0.1) is 5.10 Å². The van der Waals surface area contributed by atoms with E-state index < -0.39 is 11.9 Å². The van der Waals surface area contributed by atoms with Gasteiger partial charge in [-0.1, -0.05) is 59.0 Å². The molecule has 1 atom stereocenters. The summed E-state index contributed by atoms with van der Waals surface area (Å²) in [6.45, 7) is 1.42. The molecule has 0 aliphatic rings. The van der Waals surface area contributed by atoms with Crippen molar-refractivity contribution in [1.82, 2.24) is 25.5 Å². The zero-order valence-corrected chi connectivity index (χ0v) is 23.2. The van der Waals surface area contributed by atoms with E-state index in [-0.39, 0.29) is 11.8 Å². The number of aromatic nitrogens is 4. The molecule has 0 aliphatic carbocycles. The molecule has 0 saturated carbocycles. The number of rotatable bonds is 10. The predicted molar refractivity (Wildman–Crippen MR) is 157 cm³/mol. The summed E-state index contributed by atoms with van der Waals surface area (Å²) in [5, 5.41) is 19.7. The molecule has 1 heterocycles. The fourth-order valence-corrected chi connectivity index (χ4v) is 4.29. The zero-order valence-electron chi connectivity index (χ0n) is 21.0. The average molecular weight is 635 g/mol. The van der Waals surface area contributed by atoms with Crippen molar-refractivity contribution in [1.29, 1.82) is 0 Å². The minimum absolute atomic E-state index is 0.184. The number of carbonyl (C=O) groups excluding carboxylic acids is 3. The number of benzene rings is 3. The molecular weight excluding hydrogens is 609 g/mol. The largest absolute Gasteiger partial charge is 0.340 e. The number of anilines is 2. The highest BCUT2D eigenvalue weighted by atomic mass is 127. The van der Waals surface area contributed by atoms with Crippen LogP contribution in [0.3, 0.4) is 0 Å². The van der Waals surface area contributed by atoms with E-state index in [1.54, 1.807) is 30.3 Å². The molecular formula is C28H26IN7O3. The summed E-state index contributed by atoms with van der Waals surface area (Å²) >= 11 is 2.27. The van der Waals surface area contributed by atoms with Gasteiger partial charge in [-0.05, 0) is 64.0 Å². The van der Waals surface area contributed by atoms with Crippen LogP contribution in [0.25, 0.3) is 11.8 Å². The molecule has 0 unspecified atom stereocenters. The Balaban J connectivity index is 1.51. The van der Waals surface area contributed by atoms with Crippen LogP contribution in [0.5, 0.6) is 0 Å². The smallest absolute Gasteiger partial charge is 0.247 e. The predicted octanol–water partition coefficient (Wildman–Crippen LogP) is 3.94. The second-order valence-corrected chi connectivity index (χ2v) is 9.38. The Hall–Kier alpha value is -4.39. The number of amides is 3. The first-order chi connectivity index (χ1) is 18.9. The Morgan fingerprint density at radius 1 is 0.949 bits per heavy atom. The third-order valence-corrected chi connectivity index (χ3v) is 6.53. The fraction of sp³-hybridized carbons (Fsp3) is 0.143. The third-order valence-electron chi connectivity index (χ3n) is 5.64. The Bertz CT molecular complexity index is 1460. The number of halogens is 1. The van der Waals surface area contributed by atoms with Crippen LogP contribution in [0.1, 0.15) is 23.6 Å². The summed E-state index contributed by atoms with van der Waals surface area (Å²) in [6, 6.07) is 21.2. The van der Waals surface area contributed by atoms with Crippen molar-refractivity contribution in [3.63, 3.8) is 0 Å². The summed E-state index contributed by atoms with van der Waals surface area (Å²) in [6.07, 6.45) is 4.86. The van der Waals surface area contributed by atoms with Crippen molar-refractivity contribution in [2.24, 2.45) is 0 Å². The molecule has 198 valence electrons. The second kappa shape index (κ2) is 13.4. The molecule has 3 N–H and O–H groups in total. The third kappa shape index (κ3) is 8.04. The molecule has 4 rings (SSSR count). The molecule has 11 heteroatoms. The SMILES string of the molecule is CC(=O)Nc1ccc(NC(=O)[C@H](Cc2ccccc2)NC(=O)/C=C/c2cc(CI)ccc2-n2cnnn2)cc1. The number of tetrazole rings is 1. The number of alkyl halides is 1. The lowest BCUT2D eigenvalue weighted by atomic mass is 10.0. The van der Waals surface area contributed by atoms with Crippen LogP contribution < -0.4 is 16.0 Å². The first-order valence-electron chi connectivity index (χ1n) is 12.0. The van der Waals surface area contributed by atoms with Crippen molar-refractivity contribution in [3.8, 4) is 5.69 Å². The standard InChI is InChI=1S/C28H26IN7O3/c1-19(37)31-23-9-11-24(12-10-23)32-28(39)25(16-20-5-3-2-4-6-20)33-27(38)14-8-22-15-21(17-29)7-13-26(22)36-18-30-34-35-36/h2-15,18,25H,16-17H2,1H3,(H,31,37)(H,32,39)(H,33,38)/b14-8+/t25-/m0/s1. The minimum atomic E-state index is -0.834. The van der Waals surface area contributed by atoms with Gasteiger partial charge in [0.1, 0.15) is 12.4 Å². The normalized spacial score (nSPS) is 11.6. The first kappa shape index (κ1) is 27.6. The van der Waals surface area contributed by atoms with Crippen LogP contribution >= 0.6 is 22.6 Å². The van der Waals surface area contributed by atoms with E-state index in [4.69, 9.17) is 0 Å². The van der Waals surface area contributed by atoms with Crippen LogP contribution in [0.4, 0.5) is 11.4 Å². The zero-order chi connectivity index (χ0) is 27.6. The lowest BCUT2D eigenvalue weighted by molar-refractivity contribution is -0.123. The van der Waals surface area contributed by atoms with Crippen molar-refractivity contribution in [2.45, 2.75) is 23.8 Å². The van der Waals surface area contributed by atoms with E-state index >= 15 is 0 Å². The molecule has 0 fully saturated rings. The van der Waals surface area contributed by atoms with Crippen LogP contribution in [-0.2, 0) is 25.2 Å². The van der Waals surface area contributed by atoms with E-state index in [9.17, 15) is 14.4 Å². The Morgan fingerprint density at radius 2 is 1.67 bits per heavy atom. The quantitative estimate of drug-likeness (QED) is 0.138. The van der Waals surface area contributed by atoms with Crippen LogP contribution in [-0.4, -0.2) is 44.0 Å². The molecule has 3 aromatic carbocycles. The van der Waals surface area contributed by atoms with Gasteiger partial charge in [0.2, 0.25) is 17.7 Å². The van der Waals surface area contributed by atoms with E-state index in [0.717, 1.165) is 26.8 Å². The molecule has 3 amide bonds. The molecule has 0 aliphatic heterocycles. The van der Waals surface area contributed by atoms with Gasteiger partial charge in [-0.2, -0.15) is 4.68 Å². The molecule has 39 heavy (non-hydrogen) atoms. The lowest BCUT2D eigenvalue weighted by Gasteiger charge is -2.18. The number of hydrogen-bond donors (Lipinski definition) is 3. The number of hydrogen-bond acceptors (Lipinski definition) is 6. The maximum atomic E-state index is 13.2. The average Bonchev–Trinajstić information content (AvgIpc) is 3.47. The Kier molecular flexibility index (Phi) is 9.51. The molecule has 1 aromatic heterocycles. The maximum absolute atomic E-state index is 13.2. The molecule has 0 radical (unpaired) electrons. The summed E-state index contributed by atoms with van der Waals surface area (Å²) in [4.78, 5) is 37.5. The second-order valence-electron chi connectivity index (χ2n) is 8.61. The lowest BCUT2D eigenvalue weighted by Crippen LogP contribution is -2.44. The first-order valence-corrected chi connectivity index (χ1v) is 13.6. The fourth-order valence-electron chi connectivity index (χ4n) is 3.81. The Labute approximate surface area is 239 Å². The van der Waals surface area contributed by atoms with Gasteiger partial charge in [-0.3, -0.25) is 14.4 Å². The van der Waals surface area contributed by atoms with Gasteiger partial charge in [0.25, 0.3) is 0 Å². The van der Waals surface area contributed by atoms with Gasteiger partial charge in [-0.25, -0.2) is 0 Å². The van der Waals surface area contributed by atoms with Crippen LogP contribution in [0, 0.1) is 0 Å². The number of nitrogens with zero attached hydrogens (tertiary/aromatic N) is 4. The summed E-state index contributed by atoms with van der Waals surface area (Å²) < 4.78 is 2.32. The van der Waals surface area contributed by atoms with Crippen molar-refractivity contribution >= 4 is 57.8 Å². The van der Waals surface area contributed by atoms with Crippen LogP contribution in [0.2, 0.25) is 0 Å². The maximum Gasteiger partial charge on any atom is 0.247 e. The van der Waals surface area contributed by atoms with Crippen molar-refractivity contribution < 1.29 is 14.4 Å². The number of nitrogens with one attached hydrogen (secondary N) is 3. The highest BCUT2D eigenvalue weighted by Crippen LogP contribution is 2.19. The van der Waals surface area contributed by atoms with E-state index in [0.29, 0.717) is 17.8 Å². The molecule has 10 nitrogen and oxygen atoms in total. The summed E-state index contributed by atoms with van der Waals surface area (Å²) in [7, 11) is 0. The topological polar surface area (TPSA) is 131 Å². The van der Waals surface area contributed by atoms with Gasteiger partial charge in [0, 0.05) is 40.8 Å². The molecule has 0 spiro atoms. The van der Waals surface area contributed by atoms with Crippen molar-refractivity contribution in [2.75, 3.05) is 10.6 Å². The van der Waals surface area contributed by atoms with E-state index in [1.807, 2.05) is 48.5 Å². The van der Waals surface area contributed by atoms with E-state index in [1.165, 1.54) is 24.0 Å². The molecule has 0 saturated heterocycles. The highest BCUT2D eigenvalue weighted by Gasteiger charge is 2.21. The Morgan fingerprint density at radius 3 is 2.31 bits per heavy atom. The minimum Gasteiger partial charge on any atom is -0.340 e. The van der Waals surface area contributed by atoms with Gasteiger partial charge in [0.05, 0.1) is 5.69 Å². The van der Waals surface area contributed by atoms with Gasteiger partial charge in [0.15, 0.2) is 0 Å². The van der Waals surface area contributed by atoms with Crippen molar-refractivity contribution in [3.05, 3.63) is 102 Å². The van der Waals surface area contributed by atoms with Crippen LogP contribution in [0.15, 0.2) is 85.2 Å². The number of carbonyl (C=O) groups is 3. The molecule has 0 bridgehead atoms. The monoisotopic (exact) mass is 635 g/mol. The van der Waals surface area contributed by atoms with E-state index in [2.05, 4.69) is 54.1 Å². The van der Waals surface area contributed by atoms with Gasteiger partial charge >= 0.3 is 0 Å². The highest BCUT2D eigenvalue weighted by molar-refractivity contribution is 14.1. The van der Waals surface area contributed by atoms with Gasteiger partial charge < -0.3 is 16.0 Å². The molecule has 4 aromatic rings.